The lowest BCUT2D eigenvalue weighted by molar-refractivity contribution is -0.137. The van der Waals surface area contributed by atoms with Gasteiger partial charge in [-0.3, -0.25) is 4.79 Å². The fourth-order valence-corrected chi connectivity index (χ4v) is 2.18. The first-order chi connectivity index (χ1) is 11.2. The van der Waals surface area contributed by atoms with E-state index in [0.29, 0.717) is 11.3 Å². The van der Waals surface area contributed by atoms with Crippen molar-refractivity contribution in [3.63, 3.8) is 0 Å². The van der Waals surface area contributed by atoms with Gasteiger partial charge in [-0.15, -0.1) is 0 Å². The Bertz CT molecular complexity index is 724. The molecule has 24 heavy (non-hydrogen) atoms. The Morgan fingerprint density at radius 3 is 2.25 bits per heavy atom. The minimum atomic E-state index is -4.50. The summed E-state index contributed by atoms with van der Waals surface area (Å²) >= 11 is 0. The Labute approximate surface area is 136 Å². The summed E-state index contributed by atoms with van der Waals surface area (Å²) in [5, 5.41) is 2.49. The molecule has 0 unspecified atom stereocenters. The molecule has 0 aromatic heterocycles. The number of alkyl halides is 3. The van der Waals surface area contributed by atoms with Gasteiger partial charge in [0.2, 0.25) is 5.91 Å². The SMILES string of the molecule is CN(C)c1ccc(C(F)(F)F)cc1NC(=O)Cc1ccc(F)cc1. The number of hydrogen-bond donors (Lipinski definition) is 1. The molecular weight excluding hydrogens is 324 g/mol. The average Bonchev–Trinajstić information content (AvgIpc) is 2.48. The van der Waals surface area contributed by atoms with Gasteiger partial charge in [0.25, 0.3) is 0 Å². The van der Waals surface area contributed by atoms with Crippen molar-refractivity contribution in [2.45, 2.75) is 12.6 Å². The molecule has 0 heterocycles. The number of carbonyl (C=O) groups excluding carboxylic acids is 1. The van der Waals surface area contributed by atoms with Crippen molar-refractivity contribution in [1.82, 2.24) is 0 Å². The van der Waals surface area contributed by atoms with E-state index in [4.69, 9.17) is 0 Å². The summed E-state index contributed by atoms with van der Waals surface area (Å²) in [6.07, 6.45) is -4.56. The van der Waals surface area contributed by atoms with E-state index in [1.807, 2.05) is 0 Å². The van der Waals surface area contributed by atoms with E-state index in [1.54, 1.807) is 19.0 Å². The van der Waals surface area contributed by atoms with Crippen LogP contribution in [0.25, 0.3) is 0 Å². The third-order valence-electron chi connectivity index (χ3n) is 3.36. The summed E-state index contributed by atoms with van der Waals surface area (Å²) in [4.78, 5) is 13.7. The van der Waals surface area contributed by atoms with Gasteiger partial charge in [0, 0.05) is 14.1 Å². The first kappa shape index (κ1) is 17.8. The van der Waals surface area contributed by atoms with Gasteiger partial charge >= 0.3 is 6.18 Å². The maximum atomic E-state index is 12.9. The number of carbonyl (C=O) groups is 1. The first-order valence-corrected chi connectivity index (χ1v) is 7.09. The number of halogens is 4. The Morgan fingerprint density at radius 2 is 1.71 bits per heavy atom. The molecule has 1 N–H and O–H groups in total. The highest BCUT2D eigenvalue weighted by atomic mass is 19.4. The zero-order valence-electron chi connectivity index (χ0n) is 13.1. The predicted octanol–water partition coefficient (Wildman–Crippen LogP) is 4.09. The molecule has 0 aliphatic carbocycles. The zero-order chi connectivity index (χ0) is 17.9. The van der Waals surface area contributed by atoms with E-state index in [9.17, 15) is 22.4 Å². The summed E-state index contributed by atoms with van der Waals surface area (Å²) in [5.41, 5.74) is 0.245. The molecule has 0 fully saturated rings. The molecule has 0 spiro atoms. The highest BCUT2D eigenvalue weighted by molar-refractivity contribution is 5.95. The van der Waals surface area contributed by atoms with Crippen molar-refractivity contribution in [3.8, 4) is 0 Å². The summed E-state index contributed by atoms with van der Waals surface area (Å²) in [5.74, 6) is -0.907. The van der Waals surface area contributed by atoms with Crippen molar-refractivity contribution in [2.75, 3.05) is 24.3 Å². The average molecular weight is 340 g/mol. The molecule has 128 valence electrons. The van der Waals surface area contributed by atoms with Crippen molar-refractivity contribution < 1.29 is 22.4 Å². The second-order valence-electron chi connectivity index (χ2n) is 5.48. The largest absolute Gasteiger partial charge is 0.416 e. The Hall–Kier alpha value is -2.57. The summed E-state index contributed by atoms with van der Waals surface area (Å²) in [6, 6.07) is 8.51. The highest BCUT2D eigenvalue weighted by Gasteiger charge is 2.31. The van der Waals surface area contributed by atoms with Crippen molar-refractivity contribution in [1.29, 1.82) is 0 Å². The van der Waals surface area contributed by atoms with E-state index in [1.165, 1.54) is 30.3 Å². The van der Waals surface area contributed by atoms with Gasteiger partial charge in [-0.25, -0.2) is 4.39 Å². The van der Waals surface area contributed by atoms with Crippen LogP contribution in [0.2, 0.25) is 0 Å². The maximum Gasteiger partial charge on any atom is 0.416 e. The van der Waals surface area contributed by atoms with E-state index < -0.39 is 23.5 Å². The number of rotatable bonds is 4. The second kappa shape index (κ2) is 6.90. The van der Waals surface area contributed by atoms with E-state index in [0.717, 1.165) is 12.1 Å². The smallest absolute Gasteiger partial charge is 0.376 e. The summed E-state index contributed by atoms with van der Waals surface area (Å²) in [7, 11) is 3.33. The number of amides is 1. The fourth-order valence-electron chi connectivity index (χ4n) is 2.18. The van der Waals surface area contributed by atoms with Crippen molar-refractivity contribution >= 4 is 17.3 Å². The maximum absolute atomic E-state index is 12.9. The number of hydrogen-bond acceptors (Lipinski definition) is 2. The van der Waals surface area contributed by atoms with Crippen LogP contribution in [-0.4, -0.2) is 20.0 Å². The number of anilines is 2. The van der Waals surface area contributed by atoms with Crippen LogP contribution in [0.1, 0.15) is 11.1 Å². The van der Waals surface area contributed by atoms with Crippen LogP contribution in [0, 0.1) is 5.82 Å². The van der Waals surface area contributed by atoms with Crippen LogP contribution in [0.3, 0.4) is 0 Å². The van der Waals surface area contributed by atoms with Gasteiger partial charge in [-0.1, -0.05) is 12.1 Å². The van der Waals surface area contributed by atoms with Crippen LogP contribution >= 0.6 is 0 Å². The lowest BCUT2D eigenvalue weighted by Crippen LogP contribution is -2.19. The molecule has 2 rings (SSSR count). The number of nitrogens with zero attached hydrogens (tertiary/aromatic N) is 1. The molecule has 0 bridgehead atoms. The molecule has 0 saturated heterocycles. The molecule has 0 saturated carbocycles. The number of nitrogens with one attached hydrogen (secondary N) is 1. The monoisotopic (exact) mass is 340 g/mol. The van der Waals surface area contributed by atoms with Crippen LogP contribution in [0.5, 0.6) is 0 Å². The summed E-state index contributed by atoms with van der Waals surface area (Å²) < 4.78 is 51.4. The molecule has 7 heteroatoms. The fraction of sp³-hybridized carbons (Fsp3) is 0.235. The van der Waals surface area contributed by atoms with E-state index in [2.05, 4.69) is 5.32 Å². The van der Waals surface area contributed by atoms with Gasteiger partial charge in [0.05, 0.1) is 23.4 Å². The van der Waals surface area contributed by atoms with Gasteiger partial charge < -0.3 is 10.2 Å². The molecular formula is C17H16F4N2O. The summed E-state index contributed by atoms with van der Waals surface area (Å²) in [6.45, 7) is 0. The van der Waals surface area contributed by atoms with E-state index >= 15 is 0 Å². The predicted molar refractivity (Wildman–Crippen MR) is 84.5 cm³/mol. The lowest BCUT2D eigenvalue weighted by Gasteiger charge is -2.20. The third-order valence-corrected chi connectivity index (χ3v) is 3.36. The van der Waals surface area contributed by atoms with E-state index in [-0.39, 0.29) is 12.1 Å². The van der Waals surface area contributed by atoms with Crippen molar-refractivity contribution in [3.05, 3.63) is 59.4 Å². The Kier molecular flexibility index (Phi) is 5.11. The topological polar surface area (TPSA) is 32.3 Å². The molecule has 0 aliphatic heterocycles. The second-order valence-corrected chi connectivity index (χ2v) is 5.48. The normalized spacial score (nSPS) is 11.2. The molecule has 0 aliphatic rings. The lowest BCUT2D eigenvalue weighted by atomic mass is 10.1. The zero-order valence-corrected chi connectivity index (χ0v) is 13.1. The molecule has 2 aromatic carbocycles. The van der Waals surface area contributed by atoms with Gasteiger partial charge in [0.1, 0.15) is 5.82 Å². The quantitative estimate of drug-likeness (QED) is 0.850. The first-order valence-electron chi connectivity index (χ1n) is 7.09. The van der Waals surface area contributed by atoms with Crippen LogP contribution in [-0.2, 0) is 17.4 Å². The minimum Gasteiger partial charge on any atom is -0.376 e. The van der Waals surface area contributed by atoms with Crippen LogP contribution < -0.4 is 10.2 Å². The van der Waals surface area contributed by atoms with Gasteiger partial charge in [-0.05, 0) is 35.9 Å². The van der Waals surface area contributed by atoms with Crippen LogP contribution in [0.15, 0.2) is 42.5 Å². The number of benzene rings is 2. The Morgan fingerprint density at radius 1 is 1.08 bits per heavy atom. The molecule has 2 aromatic rings. The standard InChI is InChI=1S/C17H16F4N2O/c1-23(2)15-8-5-12(17(19,20)21)10-14(15)22-16(24)9-11-3-6-13(18)7-4-11/h3-8,10H,9H2,1-2H3,(H,22,24). The molecule has 0 radical (unpaired) electrons. The minimum absolute atomic E-state index is 0.0661. The molecule has 0 atom stereocenters. The highest BCUT2D eigenvalue weighted by Crippen LogP contribution is 2.34. The van der Waals surface area contributed by atoms with Gasteiger partial charge in [0.15, 0.2) is 0 Å². The van der Waals surface area contributed by atoms with Gasteiger partial charge in [-0.2, -0.15) is 13.2 Å². The van der Waals surface area contributed by atoms with Crippen molar-refractivity contribution in [2.24, 2.45) is 0 Å². The molecule has 3 nitrogen and oxygen atoms in total. The van der Waals surface area contributed by atoms with Crippen LogP contribution in [0.4, 0.5) is 28.9 Å². The Balaban J connectivity index is 2.22. The molecule has 1 amide bonds. The third kappa shape index (κ3) is 4.47.